The number of rotatable bonds is 5. The van der Waals surface area contributed by atoms with Crippen molar-refractivity contribution in [2.75, 3.05) is 25.5 Å². The fourth-order valence-corrected chi connectivity index (χ4v) is 2.95. The summed E-state index contributed by atoms with van der Waals surface area (Å²) in [5.41, 5.74) is 1.82. The Hall–Kier alpha value is -1.62. The lowest BCUT2D eigenvalue weighted by atomic mass is 9.94. The van der Waals surface area contributed by atoms with E-state index in [4.69, 9.17) is 0 Å². The highest BCUT2D eigenvalue weighted by Gasteiger charge is 2.21. The smallest absolute Gasteiger partial charge is 0.292 e. The first-order valence-electron chi connectivity index (χ1n) is 7.32. The van der Waals surface area contributed by atoms with Crippen LogP contribution in [0.4, 0.5) is 11.4 Å². The second-order valence-electron chi connectivity index (χ2n) is 5.45. The van der Waals surface area contributed by atoms with Crippen LogP contribution in [0.1, 0.15) is 31.7 Å². The molecule has 110 valence electrons. The molecule has 1 aromatic carbocycles. The van der Waals surface area contributed by atoms with Crippen molar-refractivity contribution in [3.05, 3.63) is 33.9 Å². The average molecular weight is 277 g/mol. The zero-order valence-electron chi connectivity index (χ0n) is 12.3. The van der Waals surface area contributed by atoms with E-state index in [1.807, 2.05) is 6.07 Å². The number of nitro groups is 1. The van der Waals surface area contributed by atoms with E-state index in [1.54, 1.807) is 19.2 Å². The number of likely N-dealkylation sites (tertiary alicyclic amines) is 1. The number of nitrogens with zero attached hydrogens (tertiary/aromatic N) is 2. The summed E-state index contributed by atoms with van der Waals surface area (Å²) in [6, 6.07) is 5.30. The normalized spacial score (nSPS) is 17.1. The van der Waals surface area contributed by atoms with Gasteiger partial charge in [-0.25, -0.2) is 0 Å². The summed E-state index contributed by atoms with van der Waals surface area (Å²) in [5.74, 6) is 0.847. The van der Waals surface area contributed by atoms with Gasteiger partial charge in [-0.3, -0.25) is 15.0 Å². The molecule has 1 saturated heterocycles. The molecule has 0 radical (unpaired) electrons. The van der Waals surface area contributed by atoms with Crippen LogP contribution in [0.5, 0.6) is 0 Å². The standard InChI is InChI=1S/C15H23N3O2/c1-3-12-7-9-17(10-8-12)11-13-5-4-6-14(18(19)20)15(13)16-2/h4-6,12,16H,3,7-11H2,1-2H3. The van der Waals surface area contributed by atoms with Crippen LogP contribution in [0.3, 0.4) is 0 Å². The third-order valence-corrected chi connectivity index (χ3v) is 4.25. The average Bonchev–Trinajstić information content (AvgIpc) is 2.47. The number of nitrogens with one attached hydrogen (secondary N) is 1. The minimum Gasteiger partial charge on any atom is -0.382 e. The van der Waals surface area contributed by atoms with Crippen molar-refractivity contribution >= 4 is 11.4 Å². The predicted molar refractivity (Wildman–Crippen MR) is 80.9 cm³/mol. The van der Waals surface area contributed by atoms with Gasteiger partial charge in [0.2, 0.25) is 0 Å². The van der Waals surface area contributed by atoms with Gasteiger partial charge in [0.1, 0.15) is 5.69 Å². The van der Waals surface area contributed by atoms with Crippen LogP contribution >= 0.6 is 0 Å². The first-order chi connectivity index (χ1) is 9.65. The van der Waals surface area contributed by atoms with Gasteiger partial charge in [-0.2, -0.15) is 0 Å². The Bertz CT molecular complexity index is 468. The number of nitro benzene ring substituents is 1. The molecule has 0 unspecified atom stereocenters. The molecule has 0 spiro atoms. The molecule has 5 nitrogen and oxygen atoms in total. The highest BCUT2D eigenvalue weighted by molar-refractivity contribution is 5.66. The Morgan fingerprint density at radius 3 is 2.65 bits per heavy atom. The second kappa shape index (κ2) is 6.70. The maximum absolute atomic E-state index is 11.1. The van der Waals surface area contributed by atoms with Gasteiger partial charge < -0.3 is 5.32 Å². The first-order valence-corrected chi connectivity index (χ1v) is 7.32. The van der Waals surface area contributed by atoms with Crippen molar-refractivity contribution in [2.24, 2.45) is 5.92 Å². The van der Waals surface area contributed by atoms with E-state index >= 15 is 0 Å². The van der Waals surface area contributed by atoms with Gasteiger partial charge >= 0.3 is 0 Å². The van der Waals surface area contributed by atoms with E-state index in [0.717, 1.165) is 31.1 Å². The zero-order valence-corrected chi connectivity index (χ0v) is 12.3. The number of anilines is 1. The summed E-state index contributed by atoms with van der Waals surface area (Å²) in [6.07, 6.45) is 3.73. The lowest BCUT2D eigenvalue weighted by Gasteiger charge is -2.31. The molecular weight excluding hydrogens is 254 g/mol. The third kappa shape index (κ3) is 3.28. The summed E-state index contributed by atoms with van der Waals surface area (Å²) >= 11 is 0. The molecule has 5 heteroatoms. The Morgan fingerprint density at radius 2 is 2.10 bits per heavy atom. The Kier molecular flexibility index (Phi) is 4.95. The van der Waals surface area contributed by atoms with Crippen LogP contribution in [0.2, 0.25) is 0 Å². The van der Waals surface area contributed by atoms with E-state index in [0.29, 0.717) is 5.69 Å². The first kappa shape index (κ1) is 14.8. The SMILES string of the molecule is CCC1CCN(Cc2cccc([N+](=O)[O-])c2NC)CC1. The van der Waals surface area contributed by atoms with E-state index < -0.39 is 0 Å². The summed E-state index contributed by atoms with van der Waals surface area (Å²) in [7, 11) is 1.75. The molecule has 20 heavy (non-hydrogen) atoms. The van der Waals surface area contributed by atoms with Crippen LogP contribution in [-0.4, -0.2) is 30.0 Å². The van der Waals surface area contributed by atoms with Crippen molar-refractivity contribution in [1.82, 2.24) is 4.90 Å². The van der Waals surface area contributed by atoms with Crippen molar-refractivity contribution in [3.63, 3.8) is 0 Å². The van der Waals surface area contributed by atoms with E-state index in [1.165, 1.54) is 19.3 Å². The summed E-state index contributed by atoms with van der Waals surface area (Å²) in [6.45, 7) is 5.21. The van der Waals surface area contributed by atoms with Crippen LogP contribution in [-0.2, 0) is 6.54 Å². The van der Waals surface area contributed by atoms with Crippen LogP contribution in [0.25, 0.3) is 0 Å². The molecule has 1 fully saturated rings. The number of hydrogen-bond acceptors (Lipinski definition) is 4. The number of benzene rings is 1. The maximum Gasteiger partial charge on any atom is 0.292 e. The molecule has 1 heterocycles. The van der Waals surface area contributed by atoms with Gasteiger partial charge in [-0.15, -0.1) is 0 Å². The summed E-state index contributed by atoms with van der Waals surface area (Å²) < 4.78 is 0. The lowest BCUT2D eigenvalue weighted by molar-refractivity contribution is -0.384. The molecule has 0 aliphatic carbocycles. The van der Waals surface area contributed by atoms with E-state index in [2.05, 4.69) is 17.1 Å². The molecule has 2 rings (SSSR count). The highest BCUT2D eigenvalue weighted by atomic mass is 16.6. The Morgan fingerprint density at radius 1 is 1.40 bits per heavy atom. The van der Waals surface area contributed by atoms with Gasteiger partial charge in [0.25, 0.3) is 5.69 Å². The van der Waals surface area contributed by atoms with Crippen LogP contribution in [0, 0.1) is 16.0 Å². The summed E-state index contributed by atoms with van der Waals surface area (Å²) in [4.78, 5) is 13.1. The highest BCUT2D eigenvalue weighted by Crippen LogP contribution is 2.30. The summed E-state index contributed by atoms with van der Waals surface area (Å²) in [5, 5.41) is 14.0. The molecule has 1 N–H and O–H groups in total. The predicted octanol–water partition coefficient (Wildman–Crippen LogP) is 3.26. The quantitative estimate of drug-likeness (QED) is 0.663. The molecule has 0 saturated carbocycles. The zero-order chi connectivity index (χ0) is 14.5. The Balaban J connectivity index is 2.10. The van der Waals surface area contributed by atoms with E-state index in [9.17, 15) is 10.1 Å². The molecular formula is C15H23N3O2. The number of para-hydroxylation sites is 1. The van der Waals surface area contributed by atoms with E-state index in [-0.39, 0.29) is 10.6 Å². The molecule has 1 aliphatic rings. The molecule has 0 amide bonds. The third-order valence-electron chi connectivity index (χ3n) is 4.25. The second-order valence-corrected chi connectivity index (χ2v) is 5.45. The Labute approximate surface area is 120 Å². The van der Waals surface area contributed by atoms with Crippen molar-refractivity contribution < 1.29 is 4.92 Å². The van der Waals surface area contributed by atoms with Crippen LogP contribution < -0.4 is 5.32 Å². The van der Waals surface area contributed by atoms with Crippen molar-refractivity contribution in [3.8, 4) is 0 Å². The van der Waals surface area contributed by atoms with Gasteiger partial charge in [0.15, 0.2) is 0 Å². The topological polar surface area (TPSA) is 58.4 Å². The molecule has 1 aliphatic heterocycles. The van der Waals surface area contributed by atoms with Gasteiger partial charge in [-0.1, -0.05) is 25.5 Å². The maximum atomic E-state index is 11.1. The van der Waals surface area contributed by atoms with Crippen molar-refractivity contribution in [1.29, 1.82) is 0 Å². The lowest BCUT2D eigenvalue weighted by Crippen LogP contribution is -2.33. The largest absolute Gasteiger partial charge is 0.382 e. The molecule has 0 atom stereocenters. The van der Waals surface area contributed by atoms with Gasteiger partial charge in [-0.05, 0) is 37.4 Å². The monoisotopic (exact) mass is 277 g/mol. The molecule has 0 aromatic heterocycles. The number of piperidine rings is 1. The fourth-order valence-electron chi connectivity index (χ4n) is 2.95. The number of hydrogen-bond donors (Lipinski definition) is 1. The van der Waals surface area contributed by atoms with Crippen LogP contribution in [0.15, 0.2) is 18.2 Å². The van der Waals surface area contributed by atoms with Gasteiger partial charge in [0.05, 0.1) is 4.92 Å². The minimum atomic E-state index is -0.321. The minimum absolute atomic E-state index is 0.161. The molecule has 1 aromatic rings. The fraction of sp³-hybridized carbons (Fsp3) is 0.600. The van der Waals surface area contributed by atoms with Gasteiger partial charge in [0, 0.05) is 19.7 Å². The molecule has 0 bridgehead atoms. The van der Waals surface area contributed by atoms with Crippen molar-refractivity contribution in [2.45, 2.75) is 32.7 Å².